The molecule has 0 fully saturated rings. The Morgan fingerprint density at radius 3 is 2.90 bits per heavy atom. The lowest BCUT2D eigenvalue weighted by Crippen LogP contribution is -2.07. The predicted molar refractivity (Wildman–Crippen MR) is 81.3 cm³/mol. The largest absolute Gasteiger partial charge is 0.361 e. The number of hydrogen-bond acceptors (Lipinski definition) is 7. The maximum atomic E-state index is 5.20. The second kappa shape index (κ2) is 5.72. The van der Waals surface area contributed by atoms with Crippen LogP contribution in [-0.4, -0.2) is 31.0 Å². The van der Waals surface area contributed by atoms with Crippen molar-refractivity contribution in [2.45, 2.75) is 26.1 Å². The van der Waals surface area contributed by atoms with Crippen LogP contribution in [0.4, 0.5) is 5.82 Å². The number of nitrogens with zero attached hydrogens (tertiary/aromatic N) is 5. The molecule has 0 aliphatic rings. The third kappa shape index (κ3) is 2.99. The van der Waals surface area contributed by atoms with E-state index >= 15 is 0 Å². The highest BCUT2D eigenvalue weighted by molar-refractivity contribution is 7.97. The number of nitrogens with one attached hydrogen (secondary N) is 1. The van der Waals surface area contributed by atoms with E-state index in [4.69, 9.17) is 4.52 Å². The summed E-state index contributed by atoms with van der Waals surface area (Å²) in [6, 6.07) is 3.89. The lowest BCUT2D eigenvalue weighted by Gasteiger charge is -2.06. The van der Waals surface area contributed by atoms with Gasteiger partial charge >= 0.3 is 0 Å². The van der Waals surface area contributed by atoms with Crippen molar-refractivity contribution >= 4 is 23.2 Å². The number of thioether (sulfide) groups is 1. The summed E-state index contributed by atoms with van der Waals surface area (Å²) >= 11 is 1.66. The Labute approximate surface area is 126 Å². The molecule has 0 saturated heterocycles. The van der Waals surface area contributed by atoms with Gasteiger partial charge in [-0.25, -0.2) is 4.98 Å². The molecule has 110 valence electrons. The molecule has 0 radical (unpaired) electrons. The number of aromatic nitrogens is 5. The summed E-state index contributed by atoms with van der Waals surface area (Å²) in [5.74, 6) is 2.88. The van der Waals surface area contributed by atoms with Crippen molar-refractivity contribution in [3.8, 4) is 0 Å². The van der Waals surface area contributed by atoms with Gasteiger partial charge in [-0.3, -0.25) is 0 Å². The van der Waals surface area contributed by atoms with E-state index in [2.05, 4.69) is 25.5 Å². The van der Waals surface area contributed by atoms with Crippen LogP contribution < -0.4 is 5.32 Å². The number of aryl methyl sites for hydroxylation is 2. The Balaban J connectivity index is 1.80. The van der Waals surface area contributed by atoms with E-state index in [1.54, 1.807) is 16.3 Å². The number of hydrogen-bond donors (Lipinski definition) is 1. The Hall–Kier alpha value is -2.09. The minimum atomic E-state index is 0.457. The van der Waals surface area contributed by atoms with E-state index in [0.717, 1.165) is 28.6 Å². The topological polar surface area (TPSA) is 81.1 Å². The first-order valence-electron chi connectivity index (χ1n) is 6.54. The van der Waals surface area contributed by atoms with Gasteiger partial charge in [0.1, 0.15) is 5.82 Å². The van der Waals surface area contributed by atoms with E-state index in [-0.39, 0.29) is 0 Å². The monoisotopic (exact) mass is 304 g/mol. The van der Waals surface area contributed by atoms with Crippen molar-refractivity contribution in [1.29, 1.82) is 0 Å². The maximum Gasteiger partial charge on any atom is 0.246 e. The summed E-state index contributed by atoms with van der Waals surface area (Å²) in [7, 11) is 0. The molecular weight excluding hydrogens is 288 g/mol. The highest BCUT2D eigenvalue weighted by Crippen LogP contribution is 2.14. The standard InChI is InChI=1S/C13H16N6OS/c1-8-4-11(19-12(15-8)5-9(2)17-19)14-6-13-16-10(7-21-3)18-20-13/h4-5,14H,6-7H2,1-3H3. The molecule has 0 bridgehead atoms. The molecule has 0 spiro atoms. The smallest absolute Gasteiger partial charge is 0.246 e. The molecule has 0 aliphatic heterocycles. The zero-order chi connectivity index (χ0) is 14.8. The zero-order valence-electron chi connectivity index (χ0n) is 12.1. The molecule has 0 atom stereocenters. The Morgan fingerprint density at radius 1 is 1.24 bits per heavy atom. The van der Waals surface area contributed by atoms with Gasteiger partial charge in [-0.1, -0.05) is 5.16 Å². The molecule has 3 aromatic rings. The second-order valence-electron chi connectivity index (χ2n) is 4.73. The minimum Gasteiger partial charge on any atom is -0.361 e. The third-order valence-corrected chi connectivity index (χ3v) is 3.43. The molecule has 8 heteroatoms. The first-order chi connectivity index (χ1) is 10.2. The molecule has 0 aromatic carbocycles. The molecule has 0 unspecified atom stereocenters. The van der Waals surface area contributed by atoms with Crippen molar-refractivity contribution in [2.24, 2.45) is 0 Å². The quantitative estimate of drug-likeness (QED) is 0.773. The van der Waals surface area contributed by atoms with Gasteiger partial charge in [-0.15, -0.1) is 0 Å². The fraction of sp³-hybridized carbons (Fsp3) is 0.385. The van der Waals surface area contributed by atoms with Crippen LogP contribution in [0, 0.1) is 13.8 Å². The molecule has 3 aromatic heterocycles. The summed E-state index contributed by atoms with van der Waals surface area (Å²) in [6.45, 7) is 4.36. The van der Waals surface area contributed by atoms with E-state index in [1.165, 1.54) is 0 Å². The average molecular weight is 304 g/mol. The number of fused-ring (bicyclic) bond motifs is 1. The summed E-state index contributed by atoms with van der Waals surface area (Å²) in [6.07, 6.45) is 2.00. The first kappa shape index (κ1) is 13.9. The first-order valence-corrected chi connectivity index (χ1v) is 7.93. The molecule has 7 nitrogen and oxygen atoms in total. The fourth-order valence-electron chi connectivity index (χ4n) is 2.06. The highest BCUT2D eigenvalue weighted by atomic mass is 32.2. The van der Waals surface area contributed by atoms with Crippen LogP contribution in [0.5, 0.6) is 0 Å². The Morgan fingerprint density at radius 2 is 2.10 bits per heavy atom. The van der Waals surface area contributed by atoms with E-state index in [1.807, 2.05) is 32.2 Å². The van der Waals surface area contributed by atoms with Crippen molar-refractivity contribution in [3.63, 3.8) is 0 Å². The van der Waals surface area contributed by atoms with Gasteiger partial charge in [0, 0.05) is 17.8 Å². The normalized spacial score (nSPS) is 11.2. The van der Waals surface area contributed by atoms with Gasteiger partial charge in [-0.05, 0) is 20.1 Å². The van der Waals surface area contributed by atoms with Crippen LogP contribution in [0.2, 0.25) is 0 Å². The number of rotatable bonds is 5. The van der Waals surface area contributed by atoms with Gasteiger partial charge in [-0.2, -0.15) is 26.4 Å². The van der Waals surface area contributed by atoms with Crippen LogP contribution in [-0.2, 0) is 12.3 Å². The van der Waals surface area contributed by atoms with Crippen molar-refractivity contribution < 1.29 is 4.52 Å². The van der Waals surface area contributed by atoms with E-state index < -0.39 is 0 Å². The molecule has 0 saturated carbocycles. The summed E-state index contributed by atoms with van der Waals surface area (Å²) in [5.41, 5.74) is 2.68. The van der Waals surface area contributed by atoms with E-state index in [0.29, 0.717) is 18.3 Å². The Kier molecular flexibility index (Phi) is 3.78. The fourth-order valence-corrected chi connectivity index (χ4v) is 2.43. The Bertz CT molecular complexity index is 765. The van der Waals surface area contributed by atoms with Gasteiger partial charge in [0.25, 0.3) is 0 Å². The molecule has 3 rings (SSSR count). The van der Waals surface area contributed by atoms with Crippen LogP contribution >= 0.6 is 11.8 Å². The summed E-state index contributed by atoms with van der Waals surface area (Å²) < 4.78 is 6.98. The van der Waals surface area contributed by atoms with Gasteiger partial charge in [0.15, 0.2) is 11.5 Å². The van der Waals surface area contributed by atoms with Crippen LogP contribution in [0.25, 0.3) is 5.65 Å². The predicted octanol–water partition coefficient (Wildman–Crippen LogP) is 2.20. The molecule has 0 amide bonds. The van der Waals surface area contributed by atoms with Gasteiger partial charge in [0.2, 0.25) is 5.89 Å². The zero-order valence-corrected chi connectivity index (χ0v) is 12.9. The van der Waals surface area contributed by atoms with Crippen LogP contribution in [0.3, 0.4) is 0 Å². The lowest BCUT2D eigenvalue weighted by atomic mass is 10.4. The SMILES string of the molecule is CSCc1noc(CNc2cc(C)nc3cc(C)nn23)n1. The second-order valence-corrected chi connectivity index (χ2v) is 5.60. The molecule has 1 N–H and O–H groups in total. The third-order valence-electron chi connectivity index (χ3n) is 2.88. The van der Waals surface area contributed by atoms with Gasteiger partial charge in [0.05, 0.1) is 18.0 Å². The van der Waals surface area contributed by atoms with Crippen LogP contribution in [0.15, 0.2) is 16.7 Å². The molecular formula is C13H16N6OS. The molecule has 0 aliphatic carbocycles. The highest BCUT2D eigenvalue weighted by Gasteiger charge is 2.09. The van der Waals surface area contributed by atoms with Crippen molar-refractivity contribution in [1.82, 2.24) is 24.7 Å². The lowest BCUT2D eigenvalue weighted by molar-refractivity contribution is 0.379. The van der Waals surface area contributed by atoms with Crippen molar-refractivity contribution in [2.75, 3.05) is 11.6 Å². The summed E-state index contributed by atoms with van der Waals surface area (Å²) in [5, 5.41) is 11.6. The van der Waals surface area contributed by atoms with E-state index in [9.17, 15) is 0 Å². The van der Waals surface area contributed by atoms with Crippen molar-refractivity contribution in [3.05, 3.63) is 35.2 Å². The molecule has 3 heterocycles. The van der Waals surface area contributed by atoms with Gasteiger partial charge < -0.3 is 9.84 Å². The number of anilines is 1. The average Bonchev–Trinajstić information content (AvgIpc) is 3.02. The maximum absolute atomic E-state index is 5.20. The molecule has 21 heavy (non-hydrogen) atoms. The van der Waals surface area contributed by atoms with Crippen LogP contribution in [0.1, 0.15) is 23.1 Å². The summed E-state index contributed by atoms with van der Waals surface area (Å²) in [4.78, 5) is 8.76. The minimum absolute atomic E-state index is 0.457.